The maximum absolute atomic E-state index is 11.5. The number of hydrogen-bond acceptors (Lipinski definition) is 7. The van der Waals surface area contributed by atoms with E-state index < -0.39 is 17.5 Å². The second-order valence-electron chi connectivity index (χ2n) is 7.16. The van der Waals surface area contributed by atoms with Gasteiger partial charge in [0.05, 0.1) is 19.6 Å². The maximum atomic E-state index is 11.5. The Morgan fingerprint density at radius 1 is 1.10 bits per heavy atom. The van der Waals surface area contributed by atoms with Crippen LogP contribution in [-0.4, -0.2) is 46.7 Å². The van der Waals surface area contributed by atoms with Gasteiger partial charge in [-0.05, 0) is 39.2 Å². The first kappa shape index (κ1) is 22.6. The summed E-state index contributed by atoms with van der Waals surface area (Å²) in [5.41, 5.74) is 0.853. The fourth-order valence-corrected chi connectivity index (χ4v) is 7.04. The summed E-state index contributed by atoms with van der Waals surface area (Å²) in [7, 11) is 5.14. The number of ether oxygens (including phenoxy) is 2. The van der Waals surface area contributed by atoms with E-state index in [9.17, 15) is 10.2 Å². The van der Waals surface area contributed by atoms with Gasteiger partial charge in [-0.15, -0.1) is 0 Å². The van der Waals surface area contributed by atoms with Crippen LogP contribution in [0.1, 0.15) is 12.0 Å². The lowest BCUT2D eigenvalue weighted by atomic mass is 9.75. The quantitative estimate of drug-likeness (QED) is 0.372. The number of hydrogen-bond donors (Lipinski definition) is 2. The zero-order valence-corrected chi connectivity index (χ0v) is 19.2. The third-order valence-corrected chi connectivity index (χ3v) is 8.99. The molecular formula is C24H22O4S3. The maximum Gasteiger partial charge on any atom is 0.192 e. The molecule has 1 fully saturated rings. The van der Waals surface area contributed by atoms with E-state index in [0.717, 1.165) is 5.75 Å². The van der Waals surface area contributed by atoms with Crippen molar-refractivity contribution in [1.29, 1.82) is 0 Å². The normalized spacial score (nSPS) is 28.3. The second-order valence-corrected chi connectivity index (χ2v) is 11.4. The monoisotopic (exact) mass is 470 g/mol. The summed E-state index contributed by atoms with van der Waals surface area (Å²) in [5.74, 6) is 11.9. The molecule has 1 aliphatic heterocycles. The van der Waals surface area contributed by atoms with Crippen LogP contribution in [0.2, 0.25) is 0 Å². The van der Waals surface area contributed by atoms with Crippen LogP contribution in [0, 0.1) is 23.7 Å². The molecule has 0 unspecified atom stereocenters. The number of aliphatic hydroxyl groups excluding tert-OH is 1. The number of allylic oxidation sites excluding steroid dienone is 2. The molecule has 4 nitrogen and oxygen atoms in total. The van der Waals surface area contributed by atoms with E-state index in [1.807, 2.05) is 24.3 Å². The van der Waals surface area contributed by atoms with Gasteiger partial charge in [-0.2, -0.15) is 0 Å². The van der Waals surface area contributed by atoms with Gasteiger partial charge in [0.15, 0.2) is 11.4 Å². The molecule has 2 aliphatic carbocycles. The molecule has 2 N–H and O–H groups in total. The van der Waals surface area contributed by atoms with Crippen LogP contribution < -0.4 is 0 Å². The highest BCUT2D eigenvalue weighted by Gasteiger charge is 2.50. The number of aliphatic hydroxyl groups is 2. The summed E-state index contributed by atoms with van der Waals surface area (Å²) >= 11 is 0. The molecule has 1 spiro atoms. The number of fused-ring (bicyclic) bond motifs is 2. The predicted molar refractivity (Wildman–Crippen MR) is 129 cm³/mol. The Morgan fingerprint density at radius 3 is 2.68 bits per heavy atom. The van der Waals surface area contributed by atoms with Crippen molar-refractivity contribution in [3.8, 4) is 23.7 Å². The molecule has 0 amide bonds. The zero-order valence-electron chi connectivity index (χ0n) is 16.7. The van der Waals surface area contributed by atoms with Crippen LogP contribution in [0.25, 0.3) is 0 Å². The van der Waals surface area contributed by atoms with Crippen LogP contribution in [0.15, 0.2) is 65.8 Å². The van der Waals surface area contributed by atoms with Crippen LogP contribution in [-0.2, 0) is 15.2 Å². The van der Waals surface area contributed by atoms with Crippen LogP contribution in [0.4, 0.5) is 0 Å². The first-order valence-corrected chi connectivity index (χ1v) is 13.7. The largest absolute Gasteiger partial charge is 0.376 e. The van der Waals surface area contributed by atoms with E-state index in [4.69, 9.17) is 9.47 Å². The van der Waals surface area contributed by atoms with E-state index in [1.165, 1.54) is 5.56 Å². The van der Waals surface area contributed by atoms with Crippen molar-refractivity contribution in [1.82, 2.24) is 0 Å². The molecule has 0 saturated carbocycles. The van der Waals surface area contributed by atoms with Gasteiger partial charge >= 0.3 is 0 Å². The molecule has 3 aliphatic rings. The van der Waals surface area contributed by atoms with Gasteiger partial charge in [-0.3, -0.25) is 0 Å². The Bertz CT molecular complexity index is 1000. The van der Waals surface area contributed by atoms with E-state index in [1.54, 1.807) is 49.6 Å². The third kappa shape index (κ3) is 5.63. The van der Waals surface area contributed by atoms with E-state index in [-0.39, 0.29) is 6.42 Å². The SMILES string of the molecule is O[C@H]1C#C/C=C/C#C[C@@]2(O)CC3(C=C1/C2=C/CSSSCc1ccccc1)OCCO3. The minimum atomic E-state index is -1.50. The second kappa shape index (κ2) is 10.4. The van der Waals surface area contributed by atoms with Gasteiger partial charge in [0.25, 0.3) is 0 Å². The van der Waals surface area contributed by atoms with Crippen molar-refractivity contribution in [2.75, 3.05) is 19.0 Å². The lowest BCUT2D eigenvalue weighted by molar-refractivity contribution is -0.149. The molecule has 7 heteroatoms. The lowest BCUT2D eigenvalue weighted by Crippen LogP contribution is -2.47. The molecule has 1 saturated heterocycles. The van der Waals surface area contributed by atoms with Gasteiger partial charge in [-0.1, -0.05) is 81.7 Å². The summed E-state index contributed by atoms with van der Waals surface area (Å²) < 4.78 is 11.6. The summed E-state index contributed by atoms with van der Waals surface area (Å²) in [6, 6.07) is 10.3. The summed E-state index contributed by atoms with van der Waals surface area (Å²) in [4.78, 5) is 0. The fraction of sp³-hybridized carbons (Fsp3) is 0.333. The third-order valence-electron chi connectivity index (χ3n) is 4.97. The molecule has 0 aromatic heterocycles. The topological polar surface area (TPSA) is 58.9 Å². The highest BCUT2D eigenvalue weighted by Crippen LogP contribution is 2.44. The van der Waals surface area contributed by atoms with Crippen LogP contribution in [0.5, 0.6) is 0 Å². The van der Waals surface area contributed by atoms with Crippen LogP contribution in [0.3, 0.4) is 0 Å². The smallest absolute Gasteiger partial charge is 0.192 e. The van der Waals surface area contributed by atoms with E-state index in [2.05, 4.69) is 35.8 Å². The molecule has 1 aromatic rings. The predicted octanol–water partition coefficient (Wildman–Crippen LogP) is 3.88. The molecule has 2 bridgehead atoms. The highest BCUT2D eigenvalue weighted by molar-refractivity contribution is 9.09. The highest BCUT2D eigenvalue weighted by atomic mass is 33.5. The molecule has 160 valence electrons. The molecule has 4 rings (SSSR count). The van der Waals surface area contributed by atoms with Crippen molar-refractivity contribution >= 4 is 31.4 Å². The Hall–Kier alpha value is -1.55. The Balaban J connectivity index is 1.51. The minimum absolute atomic E-state index is 0.150. The van der Waals surface area contributed by atoms with Crippen molar-refractivity contribution in [3.63, 3.8) is 0 Å². The molecule has 2 atom stereocenters. The van der Waals surface area contributed by atoms with Crippen molar-refractivity contribution in [2.24, 2.45) is 0 Å². The molecule has 31 heavy (non-hydrogen) atoms. The lowest BCUT2D eigenvalue weighted by Gasteiger charge is -2.40. The van der Waals surface area contributed by atoms with Gasteiger partial charge in [0.1, 0.15) is 6.10 Å². The van der Waals surface area contributed by atoms with E-state index in [0.29, 0.717) is 30.1 Å². The average molecular weight is 471 g/mol. The minimum Gasteiger partial charge on any atom is -0.376 e. The molecule has 1 aromatic carbocycles. The number of benzene rings is 1. The van der Waals surface area contributed by atoms with Gasteiger partial charge in [-0.25, -0.2) is 0 Å². The summed E-state index contributed by atoms with van der Waals surface area (Å²) in [6.07, 6.45) is 5.91. The Labute approximate surface area is 194 Å². The van der Waals surface area contributed by atoms with Gasteiger partial charge in [0, 0.05) is 17.1 Å². The van der Waals surface area contributed by atoms with E-state index >= 15 is 0 Å². The first-order valence-electron chi connectivity index (χ1n) is 9.86. The Kier molecular flexibility index (Phi) is 7.58. The zero-order chi connectivity index (χ0) is 21.6. The summed E-state index contributed by atoms with van der Waals surface area (Å²) in [6.45, 7) is 0.859. The fourth-order valence-electron chi connectivity index (χ4n) is 3.63. The number of rotatable bonds is 6. The van der Waals surface area contributed by atoms with Gasteiger partial charge in [0.2, 0.25) is 0 Å². The summed E-state index contributed by atoms with van der Waals surface area (Å²) in [5, 5.41) is 22.3. The average Bonchev–Trinajstić information content (AvgIpc) is 3.21. The molecule has 1 heterocycles. The van der Waals surface area contributed by atoms with Crippen molar-refractivity contribution < 1.29 is 19.7 Å². The molecular weight excluding hydrogens is 448 g/mol. The molecule has 0 radical (unpaired) electrons. The Morgan fingerprint density at radius 2 is 1.87 bits per heavy atom. The van der Waals surface area contributed by atoms with Crippen molar-refractivity contribution in [2.45, 2.75) is 29.7 Å². The van der Waals surface area contributed by atoms with Crippen LogP contribution >= 0.6 is 31.4 Å². The standard InChI is InChI=1S/C24H22O4S3/c25-22-10-6-1-2-7-12-23(26)18-24(27-13-14-28-24)16-20(22)21(23)11-15-29-31-30-17-19-8-4-3-5-9-19/h1-5,8-9,11,16,22,25-26H,13-15,17-18H2/b2-1+,21-11-/t22-,23+/m0/s1. The van der Waals surface area contributed by atoms with Gasteiger partial charge < -0.3 is 19.7 Å². The van der Waals surface area contributed by atoms with Crippen molar-refractivity contribution in [3.05, 3.63) is 71.3 Å². The first-order chi connectivity index (χ1) is 15.1.